The fraction of sp³-hybridized carbons (Fsp3) is 0.100. The third kappa shape index (κ3) is 4.42. The molecule has 0 aliphatic rings. The first-order chi connectivity index (χ1) is 15.2. The van der Waals surface area contributed by atoms with Crippen LogP contribution < -0.4 is 11.0 Å². The number of aromatic nitrogens is 4. The van der Waals surface area contributed by atoms with Crippen molar-refractivity contribution < 1.29 is 22.5 Å². The van der Waals surface area contributed by atoms with Crippen LogP contribution in [-0.4, -0.2) is 25.8 Å². The summed E-state index contributed by atoms with van der Waals surface area (Å²) in [6, 6.07) is 10.3. The minimum Gasteiger partial charge on any atom is -0.351 e. The van der Waals surface area contributed by atoms with Gasteiger partial charge in [0, 0.05) is 18.2 Å². The van der Waals surface area contributed by atoms with E-state index in [1.807, 2.05) is 0 Å². The summed E-state index contributed by atoms with van der Waals surface area (Å²) in [4.78, 5) is 26.9. The van der Waals surface area contributed by atoms with Gasteiger partial charge in [0.15, 0.2) is 5.82 Å². The molecule has 0 saturated heterocycles. The Labute approximate surface area is 182 Å². The summed E-state index contributed by atoms with van der Waals surface area (Å²) in [7, 11) is 0. The van der Waals surface area contributed by atoms with Crippen LogP contribution in [0.5, 0.6) is 0 Å². The van der Waals surface area contributed by atoms with Crippen LogP contribution in [0.4, 0.5) is 13.2 Å². The van der Waals surface area contributed by atoms with Gasteiger partial charge in [-0.2, -0.15) is 17.9 Å². The number of halogens is 4. The number of carbonyl (C=O) groups excluding carboxylic acids is 1. The lowest BCUT2D eigenvalue weighted by Gasteiger charge is -2.07. The highest BCUT2D eigenvalue weighted by molar-refractivity contribution is 6.33. The van der Waals surface area contributed by atoms with Crippen molar-refractivity contribution >= 4 is 17.5 Å². The lowest BCUT2D eigenvalue weighted by molar-refractivity contribution is -0.137. The van der Waals surface area contributed by atoms with E-state index in [1.54, 1.807) is 18.2 Å². The van der Waals surface area contributed by atoms with Crippen molar-refractivity contribution in [2.45, 2.75) is 12.7 Å². The molecule has 0 fully saturated rings. The van der Waals surface area contributed by atoms with E-state index in [1.165, 1.54) is 12.3 Å². The second kappa shape index (κ2) is 8.35. The summed E-state index contributed by atoms with van der Waals surface area (Å²) in [5.74, 6) is -0.291. The number of alkyl halides is 3. The topological polar surface area (TPSA) is 106 Å². The van der Waals surface area contributed by atoms with Crippen LogP contribution in [0.3, 0.4) is 0 Å². The Bertz CT molecular complexity index is 1310. The molecule has 0 saturated carbocycles. The number of H-pyrrole nitrogens is 1. The predicted octanol–water partition coefficient (Wildman–Crippen LogP) is 3.82. The highest BCUT2D eigenvalue weighted by atomic mass is 35.5. The zero-order valence-corrected chi connectivity index (χ0v) is 16.7. The molecule has 164 valence electrons. The molecule has 4 aromatic rings. The molecule has 0 radical (unpaired) electrons. The molecule has 2 aromatic carbocycles. The number of hydrogen-bond acceptors (Lipinski definition) is 5. The van der Waals surface area contributed by atoms with E-state index in [0.29, 0.717) is 11.1 Å². The van der Waals surface area contributed by atoms with Gasteiger partial charge in [0.25, 0.3) is 5.91 Å². The average molecular weight is 464 g/mol. The summed E-state index contributed by atoms with van der Waals surface area (Å²) in [5, 5.41) is 10.6. The first-order valence-corrected chi connectivity index (χ1v) is 9.45. The Hall–Kier alpha value is -3.86. The van der Waals surface area contributed by atoms with Crippen molar-refractivity contribution in [1.82, 2.24) is 25.2 Å². The first kappa shape index (κ1) is 21.4. The Morgan fingerprint density at radius 1 is 1.16 bits per heavy atom. The molecule has 0 aliphatic heterocycles. The van der Waals surface area contributed by atoms with Gasteiger partial charge < -0.3 is 9.84 Å². The van der Waals surface area contributed by atoms with E-state index in [-0.39, 0.29) is 28.8 Å². The van der Waals surface area contributed by atoms with Crippen LogP contribution in [0.1, 0.15) is 21.7 Å². The van der Waals surface area contributed by atoms with Crippen molar-refractivity contribution in [3.05, 3.63) is 87.1 Å². The van der Waals surface area contributed by atoms with Crippen LogP contribution in [0.2, 0.25) is 5.02 Å². The summed E-state index contributed by atoms with van der Waals surface area (Å²) in [6.45, 7) is 0.132. The number of nitrogens with zero attached hydrogens (tertiary/aromatic N) is 3. The lowest BCUT2D eigenvalue weighted by atomic mass is 10.1. The molecule has 32 heavy (non-hydrogen) atoms. The largest absolute Gasteiger partial charge is 0.416 e. The van der Waals surface area contributed by atoms with Crippen LogP contribution >= 0.6 is 11.6 Å². The molecular formula is C20H13ClF3N5O3. The Morgan fingerprint density at radius 2 is 1.91 bits per heavy atom. The highest BCUT2D eigenvalue weighted by Crippen LogP contribution is 2.30. The monoisotopic (exact) mass is 463 g/mol. The van der Waals surface area contributed by atoms with Gasteiger partial charge in [-0.1, -0.05) is 22.8 Å². The van der Waals surface area contributed by atoms with Crippen LogP contribution in [0, 0.1) is 0 Å². The van der Waals surface area contributed by atoms with Gasteiger partial charge in [0.2, 0.25) is 5.76 Å². The molecule has 0 unspecified atom stereocenters. The second-order valence-electron chi connectivity index (χ2n) is 6.61. The SMILES string of the molecule is O=C(NCc1ccc(Cl)c(-c2nn(-c3ccc(C(F)(F)F)cc3)c(=O)[nH]2)c1)c1ccno1. The highest BCUT2D eigenvalue weighted by Gasteiger charge is 2.30. The first-order valence-electron chi connectivity index (χ1n) is 9.07. The molecule has 2 heterocycles. The van der Waals surface area contributed by atoms with Crippen molar-refractivity contribution in [1.29, 1.82) is 0 Å². The standard InChI is InChI=1S/C20H13ClF3N5O3/c21-15-6-1-11(10-25-18(30)16-7-8-26-32-16)9-14(15)17-27-19(31)29(28-17)13-4-2-12(3-5-13)20(22,23)24/h1-9H,10H2,(H,25,30)(H,27,28,31). The van der Waals surface area contributed by atoms with Gasteiger partial charge in [-0.15, -0.1) is 5.10 Å². The van der Waals surface area contributed by atoms with E-state index in [0.717, 1.165) is 28.9 Å². The molecule has 0 atom stereocenters. The number of amides is 1. The molecule has 0 bridgehead atoms. The number of benzene rings is 2. The van der Waals surface area contributed by atoms with E-state index >= 15 is 0 Å². The van der Waals surface area contributed by atoms with Crippen molar-refractivity contribution in [2.24, 2.45) is 0 Å². The molecule has 2 N–H and O–H groups in total. The maximum absolute atomic E-state index is 12.8. The van der Waals surface area contributed by atoms with Gasteiger partial charge in [0.1, 0.15) is 0 Å². The number of nitrogens with one attached hydrogen (secondary N) is 2. The molecule has 2 aromatic heterocycles. The Kier molecular flexibility index (Phi) is 5.57. The average Bonchev–Trinajstić information content (AvgIpc) is 3.42. The fourth-order valence-electron chi connectivity index (χ4n) is 2.88. The molecular weight excluding hydrogens is 451 g/mol. The molecule has 0 aliphatic carbocycles. The predicted molar refractivity (Wildman–Crippen MR) is 107 cm³/mol. The van der Waals surface area contributed by atoms with Crippen molar-refractivity contribution in [3.8, 4) is 17.1 Å². The van der Waals surface area contributed by atoms with Crippen molar-refractivity contribution in [3.63, 3.8) is 0 Å². The lowest BCUT2D eigenvalue weighted by Crippen LogP contribution is -2.22. The third-order valence-corrected chi connectivity index (χ3v) is 4.79. The molecule has 0 spiro atoms. The minimum atomic E-state index is -4.49. The summed E-state index contributed by atoms with van der Waals surface area (Å²) in [5.41, 5.74) is -0.312. The molecule has 1 amide bonds. The number of hydrogen-bond donors (Lipinski definition) is 2. The van der Waals surface area contributed by atoms with Gasteiger partial charge in [0.05, 0.1) is 22.5 Å². The summed E-state index contributed by atoms with van der Waals surface area (Å²) >= 11 is 6.25. The van der Waals surface area contributed by atoms with E-state index < -0.39 is 23.3 Å². The fourth-order valence-corrected chi connectivity index (χ4v) is 3.09. The molecule has 12 heteroatoms. The Morgan fingerprint density at radius 3 is 2.56 bits per heavy atom. The van der Waals surface area contributed by atoms with Gasteiger partial charge >= 0.3 is 11.9 Å². The Balaban J connectivity index is 1.58. The van der Waals surface area contributed by atoms with Crippen molar-refractivity contribution in [2.75, 3.05) is 0 Å². The number of carbonyl (C=O) groups is 1. The van der Waals surface area contributed by atoms with E-state index in [4.69, 9.17) is 16.1 Å². The summed E-state index contributed by atoms with van der Waals surface area (Å²) < 4.78 is 44.0. The van der Waals surface area contributed by atoms with Gasteiger partial charge in [-0.3, -0.25) is 9.78 Å². The van der Waals surface area contributed by atoms with Crippen LogP contribution in [0.25, 0.3) is 17.1 Å². The van der Waals surface area contributed by atoms with E-state index in [9.17, 15) is 22.8 Å². The normalized spacial score (nSPS) is 11.5. The molecule has 8 nitrogen and oxygen atoms in total. The quantitative estimate of drug-likeness (QED) is 0.468. The van der Waals surface area contributed by atoms with Gasteiger partial charge in [-0.05, 0) is 42.0 Å². The maximum atomic E-state index is 12.8. The third-order valence-electron chi connectivity index (χ3n) is 4.46. The minimum absolute atomic E-state index is 0.0544. The molecule has 4 rings (SSSR count). The summed E-state index contributed by atoms with van der Waals surface area (Å²) in [6.07, 6.45) is -3.14. The van der Waals surface area contributed by atoms with Crippen LogP contribution in [-0.2, 0) is 12.7 Å². The smallest absolute Gasteiger partial charge is 0.351 e. The zero-order valence-electron chi connectivity index (χ0n) is 16.0. The number of aromatic amines is 1. The van der Waals surface area contributed by atoms with Crippen LogP contribution in [0.15, 0.2) is 64.0 Å². The van der Waals surface area contributed by atoms with E-state index in [2.05, 4.69) is 20.6 Å². The maximum Gasteiger partial charge on any atom is 0.416 e. The van der Waals surface area contributed by atoms with Gasteiger partial charge in [-0.25, -0.2) is 4.79 Å². The second-order valence-corrected chi connectivity index (χ2v) is 7.02. The zero-order chi connectivity index (χ0) is 22.9. The number of rotatable bonds is 5.